The van der Waals surface area contributed by atoms with Crippen LogP contribution in [0.2, 0.25) is 0 Å². The molecule has 0 radical (unpaired) electrons. The number of carbonyl (C=O) groups is 2. The van der Waals surface area contributed by atoms with Crippen molar-refractivity contribution in [3.05, 3.63) is 67.9 Å². The van der Waals surface area contributed by atoms with E-state index in [4.69, 9.17) is 9.47 Å². The molecule has 1 aliphatic rings. The summed E-state index contributed by atoms with van der Waals surface area (Å²) in [5.74, 6) is -0.385. The second-order valence-electron chi connectivity index (χ2n) is 6.26. The van der Waals surface area contributed by atoms with Gasteiger partial charge in [0.25, 0.3) is 16.8 Å². The average molecular weight is 432 g/mol. The van der Waals surface area contributed by atoms with Crippen LogP contribution in [0.5, 0.6) is 11.5 Å². The number of carbonyl (C=O) groups excluding carboxylic acids is 2. The molecule has 3 rings (SSSR count). The fourth-order valence-electron chi connectivity index (χ4n) is 3.07. The van der Waals surface area contributed by atoms with Gasteiger partial charge in [-0.3, -0.25) is 25.0 Å². The summed E-state index contributed by atoms with van der Waals surface area (Å²) in [6.07, 6.45) is 1.88. The third kappa shape index (κ3) is 4.43. The standard InChI is InChI=1S/C20H17FN2O6S/c1-28-16-8-11(6-7-12-14(21)4-3-5-15(12)23(26)27)9-17(29-2)13(16)10-18-19(24)22-20(25)30-18/h3-5,8-10H,6-7H2,1-2H3,(H,22,24,25)/b18-10-. The van der Waals surface area contributed by atoms with Crippen LogP contribution >= 0.6 is 11.8 Å². The highest BCUT2D eigenvalue weighted by molar-refractivity contribution is 8.18. The molecule has 0 aliphatic carbocycles. The summed E-state index contributed by atoms with van der Waals surface area (Å²) in [4.78, 5) is 34.0. The zero-order chi connectivity index (χ0) is 21.8. The minimum absolute atomic E-state index is 0.0177. The number of ether oxygens (including phenoxy) is 2. The van der Waals surface area contributed by atoms with Crippen molar-refractivity contribution >= 4 is 34.7 Å². The summed E-state index contributed by atoms with van der Waals surface area (Å²) in [6, 6.07) is 7.11. The Bertz CT molecular complexity index is 1040. The molecular weight excluding hydrogens is 415 g/mol. The van der Waals surface area contributed by atoms with Crippen molar-refractivity contribution in [2.24, 2.45) is 0 Å². The first-order chi connectivity index (χ1) is 14.3. The van der Waals surface area contributed by atoms with Gasteiger partial charge in [-0.15, -0.1) is 0 Å². The molecule has 30 heavy (non-hydrogen) atoms. The molecule has 2 amide bonds. The monoisotopic (exact) mass is 432 g/mol. The predicted molar refractivity (Wildman–Crippen MR) is 109 cm³/mol. The molecule has 8 nitrogen and oxygen atoms in total. The Morgan fingerprint density at radius 1 is 1.17 bits per heavy atom. The molecule has 1 fully saturated rings. The third-order valence-corrected chi connectivity index (χ3v) is 5.29. The summed E-state index contributed by atoms with van der Waals surface area (Å²) in [6.45, 7) is 0. The van der Waals surface area contributed by atoms with Crippen molar-refractivity contribution in [2.45, 2.75) is 12.8 Å². The Morgan fingerprint density at radius 3 is 2.37 bits per heavy atom. The molecule has 0 atom stereocenters. The van der Waals surface area contributed by atoms with Crippen LogP contribution in [0.3, 0.4) is 0 Å². The van der Waals surface area contributed by atoms with Crippen molar-refractivity contribution < 1.29 is 28.4 Å². The highest BCUT2D eigenvalue weighted by Crippen LogP contribution is 2.36. The van der Waals surface area contributed by atoms with Crippen LogP contribution in [0, 0.1) is 15.9 Å². The Kier molecular flexibility index (Phi) is 6.36. The van der Waals surface area contributed by atoms with Gasteiger partial charge in [-0.05, 0) is 54.4 Å². The van der Waals surface area contributed by atoms with E-state index in [2.05, 4.69) is 5.32 Å². The lowest BCUT2D eigenvalue weighted by Gasteiger charge is -2.14. The zero-order valence-electron chi connectivity index (χ0n) is 16.1. The van der Waals surface area contributed by atoms with Gasteiger partial charge in [0.15, 0.2) is 0 Å². The van der Waals surface area contributed by atoms with Crippen LogP contribution in [0.1, 0.15) is 16.7 Å². The lowest BCUT2D eigenvalue weighted by Crippen LogP contribution is -2.17. The largest absolute Gasteiger partial charge is 0.496 e. The lowest BCUT2D eigenvalue weighted by atomic mass is 10.00. The van der Waals surface area contributed by atoms with E-state index in [0.29, 0.717) is 29.0 Å². The number of nitro benzene ring substituents is 1. The molecule has 1 N–H and O–H groups in total. The number of imide groups is 1. The topological polar surface area (TPSA) is 108 Å². The van der Waals surface area contributed by atoms with E-state index in [0.717, 1.165) is 11.8 Å². The van der Waals surface area contributed by atoms with E-state index < -0.39 is 21.9 Å². The molecule has 2 aromatic rings. The molecule has 0 aromatic heterocycles. The lowest BCUT2D eigenvalue weighted by molar-refractivity contribution is -0.385. The number of amides is 2. The molecule has 1 saturated heterocycles. The third-order valence-electron chi connectivity index (χ3n) is 4.48. The SMILES string of the molecule is COc1cc(CCc2c(F)cccc2[N+](=O)[O-])cc(OC)c1/C=C1\SC(=O)NC1=O. The normalized spacial score (nSPS) is 14.7. The van der Waals surface area contributed by atoms with Crippen molar-refractivity contribution in [1.82, 2.24) is 5.32 Å². The van der Waals surface area contributed by atoms with Gasteiger partial charge >= 0.3 is 0 Å². The van der Waals surface area contributed by atoms with E-state index in [1.54, 1.807) is 12.1 Å². The van der Waals surface area contributed by atoms with E-state index in [-0.39, 0.29) is 22.6 Å². The van der Waals surface area contributed by atoms with Crippen molar-refractivity contribution in [3.63, 3.8) is 0 Å². The van der Waals surface area contributed by atoms with Crippen LogP contribution in [-0.4, -0.2) is 30.3 Å². The molecule has 0 bridgehead atoms. The van der Waals surface area contributed by atoms with E-state index in [1.807, 2.05) is 0 Å². The highest BCUT2D eigenvalue weighted by atomic mass is 32.2. The second-order valence-corrected chi connectivity index (χ2v) is 7.28. The number of hydrogen-bond donors (Lipinski definition) is 1. The van der Waals surface area contributed by atoms with Crippen LogP contribution in [0.4, 0.5) is 14.9 Å². The number of nitro groups is 1. The van der Waals surface area contributed by atoms with Crippen LogP contribution in [-0.2, 0) is 17.6 Å². The first kappa shape index (κ1) is 21.3. The van der Waals surface area contributed by atoms with E-state index in [9.17, 15) is 24.1 Å². The Hall–Kier alpha value is -3.40. The summed E-state index contributed by atoms with van der Waals surface area (Å²) < 4.78 is 24.9. The van der Waals surface area contributed by atoms with Gasteiger partial charge in [0, 0.05) is 6.07 Å². The number of halogens is 1. The van der Waals surface area contributed by atoms with Crippen LogP contribution < -0.4 is 14.8 Å². The minimum Gasteiger partial charge on any atom is -0.496 e. The minimum atomic E-state index is -0.640. The molecule has 0 spiro atoms. The fourth-order valence-corrected chi connectivity index (χ4v) is 3.73. The molecule has 2 aromatic carbocycles. The van der Waals surface area contributed by atoms with Gasteiger partial charge in [-0.1, -0.05) is 6.07 Å². The molecule has 10 heteroatoms. The maximum atomic E-state index is 14.1. The maximum absolute atomic E-state index is 14.1. The van der Waals surface area contributed by atoms with Crippen LogP contribution in [0.25, 0.3) is 6.08 Å². The number of nitrogens with zero attached hydrogens (tertiary/aromatic N) is 1. The molecule has 0 unspecified atom stereocenters. The van der Waals surface area contributed by atoms with Crippen molar-refractivity contribution in [1.29, 1.82) is 0 Å². The summed E-state index contributed by atoms with van der Waals surface area (Å²) >= 11 is 0.769. The van der Waals surface area contributed by atoms with Crippen molar-refractivity contribution in [2.75, 3.05) is 14.2 Å². The van der Waals surface area contributed by atoms with Crippen LogP contribution in [0.15, 0.2) is 35.2 Å². The number of aryl methyl sites for hydroxylation is 1. The number of methoxy groups -OCH3 is 2. The second kappa shape index (κ2) is 8.95. The fraction of sp³-hybridized carbons (Fsp3) is 0.200. The van der Waals surface area contributed by atoms with Gasteiger partial charge in [0.05, 0.1) is 35.2 Å². The number of hydrogen-bond acceptors (Lipinski definition) is 7. The quantitative estimate of drug-likeness (QED) is 0.402. The molecular formula is C20H17FN2O6S. The summed E-state index contributed by atoms with van der Waals surface area (Å²) in [5.41, 5.74) is 0.907. The molecule has 156 valence electrons. The van der Waals surface area contributed by atoms with Gasteiger partial charge < -0.3 is 9.47 Å². The summed E-state index contributed by atoms with van der Waals surface area (Å²) in [7, 11) is 2.88. The number of nitrogens with one attached hydrogen (secondary N) is 1. The first-order valence-electron chi connectivity index (χ1n) is 8.75. The smallest absolute Gasteiger partial charge is 0.290 e. The van der Waals surface area contributed by atoms with Gasteiger partial charge in [-0.25, -0.2) is 4.39 Å². The van der Waals surface area contributed by atoms with E-state index >= 15 is 0 Å². The number of rotatable bonds is 7. The van der Waals surface area contributed by atoms with Gasteiger partial charge in [0.1, 0.15) is 17.3 Å². The molecule has 1 heterocycles. The average Bonchev–Trinajstić information content (AvgIpc) is 3.03. The zero-order valence-corrected chi connectivity index (χ0v) is 16.9. The van der Waals surface area contributed by atoms with E-state index in [1.165, 1.54) is 38.5 Å². The highest BCUT2D eigenvalue weighted by Gasteiger charge is 2.26. The summed E-state index contributed by atoms with van der Waals surface area (Å²) in [5, 5.41) is 12.9. The Balaban J connectivity index is 1.93. The number of benzene rings is 2. The molecule has 0 saturated carbocycles. The van der Waals surface area contributed by atoms with Gasteiger partial charge in [0.2, 0.25) is 0 Å². The Labute approximate surface area is 175 Å². The number of thioether (sulfide) groups is 1. The van der Waals surface area contributed by atoms with Crippen molar-refractivity contribution in [3.8, 4) is 11.5 Å². The first-order valence-corrected chi connectivity index (χ1v) is 9.57. The Morgan fingerprint density at radius 2 is 1.83 bits per heavy atom. The predicted octanol–water partition coefficient (Wildman–Crippen LogP) is 3.86. The molecule has 1 aliphatic heterocycles. The maximum Gasteiger partial charge on any atom is 0.290 e. The van der Waals surface area contributed by atoms with Gasteiger partial charge in [-0.2, -0.15) is 0 Å².